The fraction of sp³-hybridized carbons (Fsp3) is 1.00. The molecule has 0 saturated carbocycles. The van der Waals surface area contributed by atoms with Crippen LogP contribution in [0.5, 0.6) is 0 Å². The van der Waals surface area contributed by atoms with Gasteiger partial charge in [0.25, 0.3) is 0 Å². The van der Waals surface area contributed by atoms with Gasteiger partial charge in [-0.2, -0.15) is 11.8 Å². The molecule has 60 valence electrons. The van der Waals surface area contributed by atoms with Gasteiger partial charge in [-0.3, -0.25) is 4.90 Å². The second-order valence-electron chi connectivity index (χ2n) is 2.62. The summed E-state index contributed by atoms with van der Waals surface area (Å²) in [5.41, 5.74) is 0. The summed E-state index contributed by atoms with van der Waals surface area (Å²) in [4.78, 5) is 2.35. The highest BCUT2D eigenvalue weighted by atomic mass is 32.2. The number of hydrogen-bond donors (Lipinski definition) is 1. The van der Waals surface area contributed by atoms with Crippen molar-refractivity contribution in [2.24, 2.45) is 0 Å². The number of hydrogen-bond acceptors (Lipinski definition) is 3. The standard InChI is InChI=1S/C7H16N2S/c1-3-9(2)7-6-10-5-4-8-7/h7-8H,3-6H2,1-2H3. The molecule has 1 fully saturated rings. The molecular formula is C7H16N2S. The fourth-order valence-electron chi connectivity index (χ4n) is 1.06. The van der Waals surface area contributed by atoms with Crippen LogP contribution in [0.1, 0.15) is 6.92 Å². The van der Waals surface area contributed by atoms with E-state index in [1.165, 1.54) is 18.1 Å². The highest BCUT2D eigenvalue weighted by molar-refractivity contribution is 7.99. The Bertz CT molecular complexity index is 91.6. The quantitative estimate of drug-likeness (QED) is 0.637. The molecule has 0 amide bonds. The van der Waals surface area contributed by atoms with Gasteiger partial charge in [0.2, 0.25) is 0 Å². The third kappa shape index (κ3) is 2.15. The molecule has 1 atom stereocenters. The first-order valence-corrected chi connectivity index (χ1v) is 5.01. The molecule has 0 aromatic carbocycles. The van der Waals surface area contributed by atoms with Crippen molar-refractivity contribution in [1.29, 1.82) is 0 Å². The molecule has 1 rings (SSSR count). The molecule has 1 N–H and O–H groups in total. The van der Waals surface area contributed by atoms with Gasteiger partial charge in [-0.25, -0.2) is 0 Å². The Hall–Kier alpha value is 0.270. The Kier molecular flexibility index (Phi) is 3.52. The molecule has 3 heteroatoms. The van der Waals surface area contributed by atoms with Crippen molar-refractivity contribution < 1.29 is 0 Å². The van der Waals surface area contributed by atoms with Gasteiger partial charge in [0.1, 0.15) is 0 Å². The predicted molar refractivity (Wildman–Crippen MR) is 47.4 cm³/mol. The number of nitrogens with one attached hydrogen (secondary N) is 1. The summed E-state index contributed by atoms with van der Waals surface area (Å²) in [7, 11) is 2.17. The first-order valence-electron chi connectivity index (χ1n) is 3.86. The van der Waals surface area contributed by atoms with Gasteiger partial charge in [-0.1, -0.05) is 6.92 Å². The maximum absolute atomic E-state index is 3.47. The van der Waals surface area contributed by atoms with E-state index in [0.717, 1.165) is 6.54 Å². The van der Waals surface area contributed by atoms with Crippen LogP contribution in [0.3, 0.4) is 0 Å². The van der Waals surface area contributed by atoms with Crippen LogP contribution in [0.2, 0.25) is 0 Å². The highest BCUT2D eigenvalue weighted by Gasteiger charge is 2.15. The molecule has 0 aliphatic carbocycles. The Morgan fingerprint density at radius 2 is 2.50 bits per heavy atom. The van der Waals surface area contributed by atoms with Gasteiger partial charge < -0.3 is 5.32 Å². The summed E-state index contributed by atoms with van der Waals surface area (Å²) < 4.78 is 0. The van der Waals surface area contributed by atoms with Crippen LogP contribution in [0, 0.1) is 0 Å². The zero-order valence-electron chi connectivity index (χ0n) is 6.76. The fourth-order valence-corrected chi connectivity index (χ4v) is 2.08. The molecule has 0 aromatic rings. The lowest BCUT2D eigenvalue weighted by Crippen LogP contribution is -2.48. The van der Waals surface area contributed by atoms with E-state index in [1.807, 2.05) is 11.8 Å². The molecule has 1 aliphatic heterocycles. The van der Waals surface area contributed by atoms with Crippen molar-refractivity contribution in [3.63, 3.8) is 0 Å². The Morgan fingerprint density at radius 3 is 3.00 bits per heavy atom. The summed E-state index contributed by atoms with van der Waals surface area (Å²) in [6.45, 7) is 4.50. The van der Waals surface area contributed by atoms with E-state index in [2.05, 4.69) is 24.2 Å². The average Bonchev–Trinajstić information content (AvgIpc) is 2.05. The van der Waals surface area contributed by atoms with Gasteiger partial charge in [0.15, 0.2) is 0 Å². The number of rotatable bonds is 2. The van der Waals surface area contributed by atoms with Crippen molar-refractivity contribution in [3.8, 4) is 0 Å². The Labute approximate surface area is 67.4 Å². The monoisotopic (exact) mass is 160 g/mol. The lowest BCUT2D eigenvalue weighted by molar-refractivity contribution is 0.235. The van der Waals surface area contributed by atoms with Crippen LogP contribution in [0.25, 0.3) is 0 Å². The second kappa shape index (κ2) is 4.21. The maximum Gasteiger partial charge on any atom is 0.0687 e. The van der Waals surface area contributed by atoms with Gasteiger partial charge in [-0.15, -0.1) is 0 Å². The van der Waals surface area contributed by atoms with E-state index in [0.29, 0.717) is 6.17 Å². The summed E-state index contributed by atoms with van der Waals surface area (Å²) in [6, 6.07) is 0. The minimum absolute atomic E-state index is 0.615. The zero-order valence-corrected chi connectivity index (χ0v) is 7.58. The molecule has 0 spiro atoms. The van der Waals surface area contributed by atoms with Crippen molar-refractivity contribution in [2.75, 3.05) is 31.6 Å². The molecule has 0 radical (unpaired) electrons. The van der Waals surface area contributed by atoms with E-state index >= 15 is 0 Å². The topological polar surface area (TPSA) is 15.3 Å². The first-order chi connectivity index (χ1) is 4.84. The summed E-state index contributed by atoms with van der Waals surface area (Å²) in [5.74, 6) is 2.51. The molecule has 1 saturated heterocycles. The minimum atomic E-state index is 0.615. The average molecular weight is 160 g/mol. The van der Waals surface area contributed by atoms with Crippen LogP contribution >= 0.6 is 11.8 Å². The largest absolute Gasteiger partial charge is 0.300 e. The van der Waals surface area contributed by atoms with Crippen LogP contribution in [0.15, 0.2) is 0 Å². The summed E-state index contributed by atoms with van der Waals surface area (Å²) in [6.07, 6.45) is 0.615. The van der Waals surface area contributed by atoms with E-state index in [1.54, 1.807) is 0 Å². The van der Waals surface area contributed by atoms with Gasteiger partial charge >= 0.3 is 0 Å². The molecule has 0 bridgehead atoms. The lowest BCUT2D eigenvalue weighted by Gasteiger charge is -2.30. The second-order valence-corrected chi connectivity index (χ2v) is 3.77. The molecule has 10 heavy (non-hydrogen) atoms. The summed E-state index contributed by atoms with van der Waals surface area (Å²) >= 11 is 2.04. The maximum atomic E-state index is 3.47. The zero-order chi connectivity index (χ0) is 7.40. The van der Waals surface area contributed by atoms with Gasteiger partial charge in [0.05, 0.1) is 6.17 Å². The first kappa shape index (κ1) is 8.37. The molecular weight excluding hydrogens is 144 g/mol. The van der Waals surface area contributed by atoms with Crippen molar-refractivity contribution in [3.05, 3.63) is 0 Å². The van der Waals surface area contributed by atoms with E-state index in [4.69, 9.17) is 0 Å². The molecule has 1 unspecified atom stereocenters. The van der Waals surface area contributed by atoms with Crippen LogP contribution in [-0.4, -0.2) is 42.7 Å². The molecule has 2 nitrogen and oxygen atoms in total. The number of thioether (sulfide) groups is 1. The molecule has 1 heterocycles. The predicted octanol–water partition coefficient (Wildman–Crippen LogP) is 0.601. The normalized spacial score (nSPS) is 27.3. The van der Waals surface area contributed by atoms with Crippen LogP contribution in [0.4, 0.5) is 0 Å². The Balaban J connectivity index is 2.24. The molecule has 1 aliphatic rings. The Morgan fingerprint density at radius 1 is 1.70 bits per heavy atom. The van der Waals surface area contributed by atoms with Crippen LogP contribution < -0.4 is 5.32 Å². The smallest absolute Gasteiger partial charge is 0.0687 e. The summed E-state index contributed by atoms with van der Waals surface area (Å²) in [5, 5.41) is 3.47. The number of nitrogens with zero attached hydrogens (tertiary/aromatic N) is 1. The highest BCUT2D eigenvalue weighted by Crippen LogP contribution is 2.09. The lowest BCUT2D eigenvalue weighted by atomic mass is 10.4. The SMILES string of the molecule is CCN(C)C1CSCCN1. The van der Waals surface area contributed by atoms with E-state index in [9.17, 15) is 0 Å². The third-order valence-corrected chi connectivity index (χ3v) is 2.98. The van der Waals surface area contributed by atoms with E-state index < -0.39 is 0 Å². The van der Waals surface area contributed by atoms with Gasteiger partial charge in [0, 0.05) is 18.1 Å². The third-order valence-electron chi connectivity index (χ3n) is 1.93. The van der Waals surface area contributed by atoms with Crippen LogP contribution in [-0.2, 0) is 0 Å². The van der Waals surface area contributed by atoms with Gasteiger partial charge in [-0.05, 0) is 13.6 Å². The minimum Gasteiger partial charge on any atom is -0.300 e. The van der Waals surface area contributed by atoms with E-state index in [-0.39, 0.29) is 0 Å². The van der Waals surface area contributed by atoms with Crippen molar-refractivity contribution >= 4 is 11.8 Å². The van der Waals surface area contributed by atoms with Crippen molar-refractivity contribution in [2.45, 2.75) is 13.1 Å². The molecule has 0 aromatic heterocycles. The van der Waals surface area contributed by atoms with Crippen molar-refractivity contribution in [1.82, 2.24) is 10.2 Å².